The van der Waals surface area contributed by atoms with Gasteiger partial charge < -0.3 is 15.3 Å². The van der Waals surface area contributed by atoms with E-state index in [1.54, 1.807) is 36.4 Å². The predicted octanol–water partition coefficient (Wildman–Crippen LogP) is 2.28. The van der Waals surface area contributed by atoms with Crippen LogP contribution in [-0.2, 0) is 4.79 Å². The van der Waals surface area contributed by atoms with Gasteiger partial charge in [-0.2, -0.15) is 0 Å². The van der Waals surface area contributed by atoms with Gasteiger partial charge in [0.15, 0.2) is 11.6 Å². The van der Waals surface area contributed by atoms with Crippen molar-refractivity contribution < 1.29 is 14.3 Å². The first-order valence-electron chi connectivity index (χ1n) is 7.33. The highest BCUT2D eigenvalue weighted by molar-refractivity contribution is 5.91. The Morgan fingerprint density at radius 2 is 2.00 bits per heavy atom. The maximum atomic E-state index is 13.3. The molecule has 1 heterocycles. The van der Waals surface area contributed by atoms with Gasteiger partial charge in [0.25, 0.3) is 0 Å². The summed E-state index contributed by atoms with van der Waals surface area (Å²) in [6.45, 7) is 1.73. The Balaban J connectivity index is 1.97. The van der Waals surface area contributed by atoms with Crippen molar-refractivity contribution in [1.29, 1.82) is 0 Å². The molecule has 2 N–H and O–H groups in total. The molecule has 1 atom stereocenters. The Morgan fingerprint density at radius 3 is 2.58 bits per heavy atom. The Morgan fingerprint density at radius 1 is 1.33 bits per heavy atom. The third-order valence-electron chi connectivity index (χ3n) is 3.32. The third kappa shape index (κ3) is 4.52. The summed E-state index contributed by atoms with van der Waals surface area (Å²) in [5, 5.41) is 11.9. The van der Waals surface area contributed by atoms with Crippen LogP contribution in [0.15, 0.2) is 36.7 Å². The number of phenolic OH excluding ortho intramolecular Hbond substituents is 1. The molecule has 7 heteroatoms. The van der Waals surface area contributed by atoms with Crippen LogP contribution in [0.1, 0.15) is 24.1 Å². The maximum absolute atomic E-state index is 13.3. The molecule has 0 radical (unpaired) electrons. The van der Waals surface area contributed by atoms with Crippen LogP contribution in [0.5, 0.6) is 5.75 Å². The van der Waals surface area contributed by atoms with Crippen LogP contribution >= 0.6 is 0 Å². The van der Waals surface area contributed by atoms with E-state index in [4.69, 9.17) is 0 Å². The van der Waals surface area contributed by atoms with Crippen LogP contribution in [-0.4, -0.2) is 35.1 Å². The lowest BCUT2D eigenvalue weighted by Gasteiger charge is -2.13. The van der Waals surface area contributed by atoms with Crippen molar-refractivity contribution in [3.05, 3.63) is 53.6 Å². The summed E-state index contributed by atoms with van der Waals surface area (Å²) >= 11 is 0. The number of hydrogen-bond donors (Lipinski definition) is 2. The Bertz CT molecular complexity index is 745. The summed E-state index contributed by atoms with van der Waals surface area (Å²) < 4.78 is 13.3. The van der Waals surface area contributed by atoms with Crippen LogP contribution in [0.25, 0.3) is 6.08 Å². The van der Waals surface area contributed by atoms with Crippen molar-refractivity contribution in [3.8, 4) is 5.75 Å². The minimum atomic E-state index is -0.720. The molecule has 6 nitrogen and oxygen atoms in total. The van der Waals surface area contributed by atoms with E-state index >= 15 is 0 Å². The second-order valence-electron chi connectivity index (χ2n) is 5.49. The lowest BCUT2D eigenvalue weighted by molar-refractivity contribution is -0.117. The average Bonchev–Trinajstić information content (AvgIpc) is 2.55. The maximum Gasteiger partial charge on any atom is 0.244 e. The molecule has 2 rings (SSSR count). The van der Waals surface area contributed by atoms with Gasteiger partial charge in [0, 0.05) is 38.1 Å². The molecule has 126 valence electrons. The summed E-state index contributed by atoms with van der Waals surface area (Å²) in [5.41, 5.74) is 1.25. The van der Waals surface area contributed by atoms with Gasteiger partial charge in [0.2, 0.25) is 11.9 Å². The number of aromatic hydroxyl groups is 1. The number of aromatic nitrogens is 2. The molecule has 0 aliphatic heterocycles. The van der Waals surface area contributed by atoms with E-state index in [1.807, 2.05) is 14.1 Å². The fourth-order valence-electron chi connectivity index (χ4n) is 1.96. The quantitative estimate of drug-likeness (QED) is 0.822. The first kappa shape index (κ1) is 17.4. The molecule has 0 saturated heterocycles. The van der Waals surface area contributed by atoms with Crippen LogP contribution in [0.4, 0.5) is 10.3 Å². The minimum absolute atomic E-state index is 0.326. The number of carbonyl (C=O) groups is 1. The highest BCUT2D eigenvalue weighted by atomic mass is 19.1. The van der Waals surface area contributed by atoms with Gasteiger partial charge in [-0.1, -0.05) is 6.07 Å². The van der Waals surface area contributed by atoms with E-state index in [0.29, 0.717) is 17.1 Å². The van der Waals surface area contributed by atoms with Gasteiger partial charge in [-0.3, -0.25) is 4.79 Å². The highest BCUT2D eigenvalue weighted by Crippen LogP contribution is 2.20. The van der Waals surface area contributed by atoms with Gasteiger partial charge in [-0.05, 0) is 30.7 Å². The summed E-state index contributed by atoms with van der Waals surface area (Å²) in [6.07, 6.45) is 6.19. The Hall–Kier alpha value is -2.96. The zero-order valence-corrected chi connectivity index (χ0v) is 13.7. The monoisotopic (exact) mass is 330 g/mol. The first-order chi connectivity index (χ1) is 11.4. The molecule has 0 aliphatic carbocycles. The molecule has 1 amide bonds. The summed E-state index contributed by atoms with van der Waals surface area (Å²) in [4.78, 5) is 22.0. The molecule has 24 heavy (non-hydrogen) atoms. The second-order valence-corrected chi connectivity index (χ2v) is 5.49. The number of halogens is 1. The zero-order valence-electron chi connectivity index (χ0n) is 13.7. The van der Waals surface area contributed by atoms with Crippen LogP contribution < -0.4 is 10.2 Å². The van der Waals surface area contributed by atoms with E-state index in [2.05, 4.69) is 15.3 Å². The van der Waals surface area contributed by atoms with Gasteiger partial charge in [0.1, 0.15) is 0 Å². The van der Waals surface area contributed by atoms with Crippen molar-refractivity contribution in [1.82, 2.24) is 15.3 Å². The zero-order chi connectivity index (χ0) is 17.7. The number of hydrogen-bond acceptors (Lipinski definition) is 5. The van der Waals surface area contributed by atoms with Crippen LogP contribution in [0.3, 0.4) is 0 Å². The molecule has 1 aromatic heterocycles. The fraction of sp³-hybridized carbons (Fsp3) is 0.235. The molecule has 2 aromatic rings. The molecular formula is C17H19FN4O2. The topological polar surface area (TPSA) is 78.4 Å². The molecule has 0 aliphatic rings. The number of anilines is 1. The fourth-order valence-corrected chi connectivity index (χ4v) is 1.96. The van der Waals surface area contributed by atoms with E-state index in [0.717, 1.165) is 0 Å². The number of phenols is 1. The number of nitrogens with one attached hydrogen (secondary N) is 1. The Labute approximate surface area is 139 Å². The standard InChI is InChI=1S/C17H19FN4O2/c1-11(13-5-6-15(23)14(18)8-13)21-16(24)7-4-12-9-19-17(20-10-12)22(2)3/h4-11,23H,1-3H3,(H,21,24). The molecule has 1 unspecified atom stereocenters. The SMILES string of the molecule is CC(NC(=O)C=Cc1cnc(N(C)C)nc1)c1ccc(O)c(F)c1. The number of rotatable bonds is 5. The van der Waals surface area contributed by atoms with E-state index in [-0.39, 0.29) is 5.91 Å². The number of benzene rings is 1. The predicted molar refractivity (Wildman–Crippen MR) is 90.0 cm³/mol. The first-order valence-corrected chi connectivity index (χ1v) is 7.33. The summed E-state index contributed by atoms with van der Waals surface area (Å²) in [5.74, 6) is -0.882. The lowest BCUT2D eigenvalue weighted by atomic mass is 10.1. The van der Waals surface area contributed by atoms with E-state index in [9.17, 15) is 14.3 Å². The van der Waals surface area contributed by atoms with E-state index < -0.39 is 17.6 Å². The van der Waals surface area contributed by atoms with Gasteiger partial charge in [-0.15, -0.1) is 0 Å². The Kier molecular flexibility index (Phi) is 5.47. The van der Waals surface area contributed by atoms with Crippen molar-refractivity contribution in [2.45, 2.75) is 13.0 Å². The summed E-state index contributed by atoms with van der Waals surface area (Å²) in [6, 6.07) is 3.61. The smallest absolute Gasteiger partial charge is 0.244 e. The van der Waals surface area contributed by atoms with E-state index in [1.165, 1.54) is 18.2 Å². The minimum Gasteiger partial charge on any atom is -0.505 e. The third-order valence-corrected chi connectivity index (χ3v) is 3.32. The number of nitrogens with zero attached hydrogens (tertiary/aromatic N) is 3. The van der Waals surface area contributed by atoms with Gasteiger partial charge in [-0.25, -0.2) is 14.4 Å². The van der Waals surface area contributed by atoms with Crippen molar-refractivity contribution in [3.63, 3.8) is 0 Å². The molecule has 1 aromatic carbocycles. The van der Waals surface area contributed by atoms with Gasteiger partial charge in [0.05, 0.1) is 6.04 Å². The lowest BCUT2D eigenvalue weighted by Crippen LogP contribution is -2.24. The second kappa shape index (κ2) is 7.54. The normalized spacial score (nSPS) is 12.2. The molecular weight excluding hydrogens is 311 g/mol. The summed E-state index contributed by atoms with van der Waals surface area (Å²) in [7, 11) is 3.68. The average molecular weight is 330 g/mol. The largest absolute Gasteiger partial charge is 0.505 e. The molecule has 0 spiro atoms. The van der Waals surface area contributed by atoms with Crippen LogP contribution in [0, 0.1) is 5.82 Å². The van der Waals surface area contributed by atoms with Crippen molar-refractivity contribution in [2.24, 2.45) is 0 Å². The van der Waals surface area contributed by atoms with Crippen molar-refractivity contribution in [2.75, 3.05) is 19.0 Å². The highest BCUT2D eigenvalue weighted by Gasteiger charge is 2.10. The number of carbonyl (C=O) groups excluding carboxylic acids is 1. The molecule has 0 fully saturated rings. The van der Waals surface area contributed by atoms with Crippen LogP contribution in [0.2, 0.25) is 0 Å². The molecule has 0 bridgehead atoms. The van der Waals surface area contributed by atoms with Gasteiger partial charge >= 0.3 is 0 Å². The number of amides is 1. The molecule has 0 saturated carbocycles. The van der Waals surface area contributed by atoms with Crippen molar-refractivity contribution >= 4 is 17.9 Å².